The molecule has 2 aromatic rings. The third-order valence-corrected chi connectivity index (χ3v) is 5.29. The quantitative estimate of drug-likeness (QED) is 0.677. The first-order valence-corrected chi connectivity index (χ1v) is 8.62. The zero-order valence-corrected chi connectivity index (χ0v) is 14.9. The monoisotopic (exact) mass is 427 g/mol. The zero-order chi connectivity index (χ0) is 15.0. The third-order valence-electron chi connectivity index (χ3n) is 3.63. The first-order chi connectivity index (χ1) is 10.1. The number of fused-ring (bicyclic) bond motifs is 1. The van der Waals surface area contributed by atoms with E-state index in [1.54, 1.807) is 12.1 Å². The van der Waals surface area contributed by atoms with Crippen LogP contribution in [0.4, 0.5) is 0 Å². The number of amides is 1. The van der Waals surface area contributed by atoms with Crippen LogP contribution in [0.15, 0.2) is 46.9 Å². The summed E-state index contributed by atoms with van der Waals surface area (Å²) in [4.78, 5) is 12.7. The van der Waals surface area contributed by atoms with Gasteiger partial charge in [0.25, 0.3) is 5.91 Å². The van der Waals surface area contributed by atoms with Gasteiger partial charge in [0.1, 0.15) is 0 Å². The second-order valence-corrected chi connectivity index (χ2v) is 7.49. The van der Waals surface area contributed by atoms with Crippen molar-refractivity contribution < 1.29 is 4.79 Å². The van der Waals surface area contributed by atoms with Gasteiger partial charge in [0.2, 0.25) is 0 Å². The average Bonchev–Trinajstić information content (AvgIpc) is 2.75. The summed E-state index contributed by atoms with van der Waals surface area (Å²) in [6.07, 6.45) is 0.912. The summed E-state index contributed by atoms with van der Waals surface area (Å²) in [7, 11) is 0. The molecule has 21 heavy (non-hydrogen) atoms. The Labute approximate surface area is 145 Å². The molecule has 1 amide bonds. The molecule has 5 heteroatoms. The van der Waals surface area contributed by atoms with Gasteiger partial charge in [0.05, 0.1) is 16.6 Å². The summed E-state index contributed by atoms with van der Waals surface area (Å²) >= 11 is 13.1. The minimum absolute atomic E-state index is 0.0339. The van der Waals surface area contributed by atoms with Gasteiger partial charge in [0, 0.05) is 9.30 Å². The molecule has 1 aliphatic rings. The highest BCUT2D eigenvalue weighted by molar-refractivity contribution is 9.10. The van der Waals surface area contributed by atoms with Gasteiger partial charge in [-0.25, -0.2) is 0 Å². The normalized spacial score (nSPS) is 20.1. The van der Waals surface area contributed by atoms with Crippen LogP contribution in [-0.4, -0.2) is 10.7 Å². The Balaban J connectivity index is 1.85. The van der Waals surface area contributed by atoms with E-state index >= 15 is 0 Å². The minimum Gasteiger partial charge on any atom is -0.344 e. The Morgan fingerprint density at radius 2 is 2.00 bits per heavy atom. The number of carbonyl (C=O) groups is 1. The molecule has 0 aromatic heterocycles. The predicted octanol–water partition coefficient (Wildman–Crippen LogP) is 4.89. The van der Waals surface area contributed by atoms with Crippen LogP contribution >= 0.6 is 43.5 Å². The number of halogens is 3. The van der Waals surface area contributed by atoms with E-state index in [2.05, 4.69) is 49.3 Å². The van der Waals surface area contributed by atoms with E-state index < -0.39 is 0 Å². The summed E-state index contributed by atoms with van der Waals surface area (Å²) in [6.45, 7) is 0. The lowest BCUT2D eigenvalue weighted by molar-refractivity contribution is 0.0938. The van der Waals surface area contributed by atoms with E-state index in [-0.39, 0.29) is 16.8 Å². The van der Waals surface area contributed by atoms with Crippen molar-refractivity contribution in [1.82, 2.24) is 5.32 Å². The van der Waals surface area contributed by atoms with Crippen LogP contribution in [0.1, 0.15) is 27.5 Å². The number of benzene rings is 2. The van der Waals surface area contributed by atoms with E-state index in [1.165, 1.54) is 11.1 Å². The molecule has 3 rings (SSSR count). The summed E-state index contributed by atoms with van der Waals surface area (Å²) in [5, 5.41) is 3.52. The van der Waals surface area contributed by atoms with E-state index in [9.17, 15) is 4.79 Å². The molecule has 2 unspecified atom stereocenters. The molecule has 0 bridgehead atoms. The predicted molar refractivity (Wildman–Crippen MR) is 92.2 cm³/mol. The van der Waals surface area contributed by atoms with Crippen molar-refractivity contribution in [1.29, 1.82) is 0 Å². The Morgan fingerprint density at radius 1 is 1.24 bits per heavy atom. The second-order valence-electron chi connectivity index (χ2n) is 4.99. The summed E-state index contributed by atoms with van der Waals surface area (Å²) in [6, 6.07) is 13.4. The third kappa shape index (κ3) is 3.03. The fourth-order valence-corrected chi connectivity index (χ4v) is 4.13. The molecule has 0 fully saturated rings. The molecule has 0 heterocycles. The Kier molecular flexibility index (Phi) is 4.38. The van der Waals surface area contributed by atoms with Gasteiger partial charge >= 0.3 is 0 Å². The standard InChI is InChI=1S/C16H12Br2ClNO/c17-10-5-6-12(14(19)8-10)16(21)20-15-11-4-2-1-3-9(11)7-13(15)18/h1-6,8,13,15H,7H2,(H,20,21). The van der Waals surface area contributed by atoms with Gasteiger partial charge in [-0.2, -0.15) is 0 Å². The first kappa shape index (κ1) is 15.1. The van der Waals surface area contributed by atoms with Crippen molar-refractivity contribution in [2.45, 2.75) is 17.3 Å². The van der Waals surface area contributed by atoms with Crippen LogP contribution in [0.5, 0.6) is 0 Å². The number of nitrogens with one attached hydrogen (secondary N) is 1. The lowest BCUT2D eigenvalue weighted by Crippen LogP contribution is -2.31. The Hall–Kier alpha value is -0.840. The summed E-state index contributed by atoms with van der Waals surface area (Å²) in [5.74, 6) is -0.154. The smallest absolute Gasteiger partial charge is 0.253 e. The molecule has 2 nitrogen and oxygen atoms in total. The van der Waals surface area contributed by atoms with E-state index in [1.807, 2.05) is 18.2 Å². The van der Waals surface area contributed by atoms with Crippen molar-refractivity contribution in [3.8, 4) is 0 Å². The Bertz CT molecular complexity index is 704. The maximum Gasteiger partial charge on any atom is 0.253 e. The molecule has 2 atom stereocenters. The van der Waals surface area contributed by atoms with Gasteiger partial charge < -0.3 is 5.32 Å². The molecule has 1 aliphatic carbocycles. The van der Waals surface area contributed by atoms with Gasteiger partial charge in [0.15, 0.2) is 0 Å². The fraction of sp³-hybridized carbons (Fsp3) is 0.188. The van der Waals surface area contributed by atoms with Crippen LogP contribution in [0, 0.1) is 0 Å². The molecular weight excluding hydrogens is 417 g/mol. The van der Waals surface area contributed by atoms with E-state index in [0.717, 1.165) is 10.9 Å². The minimum atomic E-state index is -0.154. The van der Waals surface area contributed by atoms with Crippen LogP contribution in [0.3, 0.4) is 0 Å². The van der Waals surface area contributed by atoms with Crippen LogP contribution in [0.2, 0.25) is 5.02 Å². The highest BCUT2D eigenvalue weighted by atomic mass is 79.9. The van der Waals surface area contributed by atoms with Gasteiger partial charge in [-0.1, -0.05) is 67.7 Å². The molecule has 0 aliphatic heterocycles. The van der Waals surface area contributed by atoms with Crippen LogP contribution < -0.4 is 5.32 Å². The maximum atomic E-state index is 12.5. The van der Waals surface area contributed by atoms with Crippen LogP contribution in [0.25, 0.3) is 0 Å². The number of rotatable bonds is 2. The molecule has 0 radical (unpaired) electrons. The van der Waals surface area contributed by atoms with Crippen molar-refractivity contribution in [2.24, 2.45) is 0 Å². The molecule has 0 saturated heterocycles. The van der Waals surface area contributed by atoms with Crippen molar-refractivity contribution in [3.63, 3.8) is 0 Å². The molecule has 0 saturated carbocycles. The maximum absolute atomic E-state index is 12.5. The van der Waals surface area contributed by atoms with Crippen LogP contribution in [-0.2, 0) is 6.42 Å². The number of hydrogen-bond acceptors (Lipinski definition) is 1. The van der Waals surface area contributed by atoms with Crippen molar-refractivity contribution in [2.75, 3.05) is 0 Å². The lowest BCUT2D eigenvalue weighted by atomic mass is 10.1. The van der Waals surface area contributed by atoms with Crippen molar-refractivity contribution >= 4 is 49.4 Å². The van der Waals surface area contributed by atoms with Gasteiger partial charge in [-0.3, -0.25) is 4.79 Å². The highest BCUT2D eigenvalue weighted by Crippen LogP contribution is 2.36. The van der Waals surface area contributed by atoms with Gasteiger partial charge in [-0.05, 0) is 35.7 Å². The van der Waals surface area contributed by atoms with E-state index in [0.29, 0.717) is 10.6 Å². The topological polar surface area (TPSA) is 29.1 Å². The molecular formula is C16H12Br2ClNO. The second kappa shape index (κ2) is 6.11. The number of alkyl halides is 1. The highest BCUT2D eigenvalue weighted by Gasteiger charge is 2.31. The summed E-state index contributed by atoms with van der Waals surface area (Å²) in [5.41, 5.74) is 2.93. The first-order valence-electron chi connectivity index (χ1n) is 6.54. The fourth-order valence-electron chi connectivity index (χ4n) is 2.61. The summed E-state index contributed by atoms with van der Waals surface area (Å²) < 4.78 is 0.855. The molecule has 2 aromatic carbocycles. The number of carbonyl (C=O) groups excluding carboxylic acids is 1. The van der Waals surface area contributed by atoms with Gasteiger partial charge in [-0.15, -0.1) is 0 Å². The largest absolute Gasteiger partial charge is 0.344 e. The molecule has 108 valence electrons. The lowest BCUT2D eigenvalue weighted by Gasteiger charge is -2.18. The molecule has 1 N–H and O–H groups in total. The van der Waals surface area contributed by atoms with E-state index in [4.69, 9.17) is 11.6 Å². The zero-order valence-electron chi connectivity index (χ0n) is 10.9. The molecule has 0 spiro atoms. The number of hydrogen-bond donors (Lipinski definition) is 1. The SMILES string of the molecule is O=C(NC1c2ccccc2CC1Br)c1ccc(Br)cc1Cl. The Morgan fingerprint density at radius 3 is 2.76 bits per heavy atom. The average molecular weight is 430 g/mol. The van der Waals surface area contributed by atoms with Crippen molar-refractivity contribution in [3.05, 3.63) is 68.7 Å².